The van der Waals surface area contributed by atoms with Gasteiger partial charge in [-0.3, -0.25) is 4.90 Å². The van der Waals surface area contributed by atoms with Crippen molar-refractivity contribution in [2.45, 2.75) is 32.4 Å². The lowest BCUT2D eigenvalue weighted by atomic mass is 10.1. The molecule has 0 radical (unpaired) electrons. The van der Waals surface area contributed by atoms with Gasteiger partial charge in [0.2, 0.25) is 0 Å². The van der Waals surface area contributed by atoms with E-state index in [1.165, 1.54) is 37.1 Å². The van der Waals surface area contributed by atoms with Crippen LogP contribution in [0.15, 0.2) is 24.3 Å². The summed E-state index contributed by atoms with van der Waals surface area (Å²) >= 11 is 0. The molecule has 94 valence electrons. The predicted octanol–water partition coefficient (Wildman–Crippen LogP) is 2.52. The van der Waals surface area contributed by atoms with Gasteiger partial charge in [-0.2, -0.15) is 0 Å². The minimum Gasteiger partial charge on any atom is -0.308 e. The molecule has 1 heterocycles. The fraction of sp³-hybridized carbons (Fsp3) is 0.600. The van der Waals surface area contributed by atoms with Crippen molar-refractivity contribution in [1.82, 2.24) is 9.80 Å². The molecule has 0 aliphatic carbocycles. The van der Waals surface area contributed by atoms with Crippen molar-refractivity contribution in [1.29, 1.82) is 0 Å². The van der Waals surface area contributed by atoms with E-state index < -0.39 is 0 Å². The van der Waals surface area contributed by atoms with Crippen LogP contribution in [0.5, 0.6) is 0 Å². The Hall–Kier alpha value is -0.860. The number of aryl methyl sites for hydroxylation is 1. The van der Waals surface area contributed by atoms with Crippen LogP contribution in [0.1, 0.15) is 24.0 Å². The van der Waals surface area contributed by atoms with Crippen molar-refractivity contribution in [2.24, 2.45) is 0 Å². The summed E-state index contributed by atoms with van der Waals surface area (Å²) in [5, 5.41) is 0. The van der Waals surface area contributed by atoms with Crippen molar-refractivity contribution in [2.75, 3.05) is 27.2 Å². The number of likely N-dealkylation sites (N-methyl/N-ethyl adjacent to an activating group) is 1. The number of hydrogen-bond acceptors (Lipinski definition) is 2. The minimum absolute atomic E-state index is 0.742. The molecule has 0 bridgehead atoms. The second-order valence-electron chi connectivity index (χ2n) is 5.51. The molecular weight excluding hydrogens is 208 g/mol. The third-order valence-corrected chi connectivity index (χ3v) is 3.58. The van der Waals surface area contributed by atoms with Crippen LogP contribution >= 0.6 is 0 Å². The Morgan fingerprint density at radius 3 is 2.59 bits per heavy atom. The first-order chi connectivity index (χ1) is 8.15. The molecule has 17 heavy (non-hydrogen) atoms. The highest BCUT2D eigenvalue weighted by molar-refractivity contribution is 5.21. The molecule has 0 saturated carbocycles. The van der Waals surface area contributed by atoms with E-state index in [2.05, 4.69) is 55.1 Å². The average Bonchev–Trinajstić information content (AvgIpc) is 2.68. The maximum Gasteiger partial charge on any atom is 0.0237 e. The van der Waals surface area contributed by atoms with Gasteiger partial charge in [0.05, 0.1) is 0 Å². The van der Waals surface area contributed by atoms with E-state index in [4.69, 9.17) is 0 Å². The molecule has 2 nitrogen and oxygen atoms in total. The zero-order valence-electron chi connectivity index (χ0n) is 11.3. The van der Waals surface area contributed by atoms with Gasteiger partial charge in [0.1, 0.15) is 0 Å². The van der Waals surface area contributed by atoms with E-state index in [0.717, 1.165) is 12.6 Å². The molecule has 0 aromatic heterocycles. The first kappa shape index (κ1) is 12.6. The van der Waals surface area contributed by atoms with Gasteiger partial charge < -0.3 is 4.90 Å². The van der Waals surface area contributed by atoms with Crippen molar-refractivity contribution in [3.63, 3.8) is 0 Å². The first-order valence-electron chi connectivity index (χ1n) is 6.59. The SMILES string of the molecule is Cc1ccc(CN2CCC[C@H]2CN(C)C)cc1. The Morgan fingerprint density at radius 2 is 1.94 bits per heavy atom. The van der Waals surface area contributed by atoms with E-state index in [0.29, 0.717) is 0 Å². The van der Waals surface area contributed by atoms with E-state index in [-0.39, 0.29) is 0 Å². The van der Waals surface area contributed by atoms with Crippen LogP contribution in [0.2, 0.25) is 0 Å². The molecule has 2 rings (SSSR count). The lowest BCUT2D eigenvalue weighted by Crippen LogP contribution is -2.37. The molecule has 0 unspecified atom stereocenters. The molecule has 0 spiro atoms. The highest BCUT2D eigenvalue weighted by atomic mass is 15.2. The Bertz CT molecular complexity index is 342. The third-order valence-electron chi connectivity index (χ3n) is 3.58. The van der Waals surface area contributed by atoms with Crippen molar-refractivity contribution in [3.8, 4) is 0 Å². The van der Waals surface area contributed by atoms with Crippen LogP contribution < -0.4 is 0 Å². The molecule has 1 saturated heterocycles. The van der Waals surface area contributed by atoms with Crippen LogP contribution in [-0.2, 0) is 6.54 Å². The summed E-state index contributed by atoms with van der Waals surface area (Å²) in [6.45, 7) is 5.70. The largest absolute Gasteiger partial charge is 0.308 e. The van der Waals surface area contributed by atoms with Gasteiger partial charge in [0.25, 0.3) is 0 Å². The Morgan fingerprint density at radius 1 is 1.24 bits per heavy atom. The summed E-state index contributed by atoms with van der Waals surface area (Å²) in [4.78, 5) is 4.93. The van der Waals surface area contributed by atoms with Crippen LogP contribution in [0, 0.1) is 6.92 Å². The van der Waals surface area contributed by atoms with Crippen LogP contribution in [0.3, 0.4) is 0 Å². The number of hydrogen-bond donors (Lipinski definition) is 0. The summed E-state index contributed by atoms with van der Waals surface area (Å²) in [6, 6.07) is 9.70. The number of likely N-dealkylation sites (tertiary alicyclic amines) is 1. The normalized spacial score (nSPS) is 21.3. The van der Waals surface area contributed by atoms with Crippen LogP contribution in [-0.4, -0.2) is 43.0 Å². The highest BCUT2D eigenvalue weighted by Crippen LogP contribution is 2.20. The molecular formula is C15H24N2. The van der Waals surface area contributed by atoms with E-state index in [9.17, 15) is 0 Å². The summed E-state index contributed by atoms with van der Waals surface area (Å²) in [6.07, 6.45) is 2.70. The van der Waals surface area contributed by atoms with Crippen LogP contribution in [0.25, 0.3) is 0 Å². The van der Waals surface area contributed by atoms with Gasteiger partial charge in [0, 0.05) is 19.1 Å². The van der Waals surface area contributed by atoms with Gasteiger partial charge in [-0.1, -0.05) is 29.8 Å². The third kappa shape index (κ3) is 3.55. The number of rotatable bonds is 4. The van der Waals surface area contributed by atoms with Crippen molar-refractivity contribution in [3.05, 3.63) is 35.4 Å². The van der Waals surface area contributed by atoms with Gasteiger partial charge in [-0.25, -0.2) is 0 Å². The fourth-order valence-electron chi connectivity index (χ4n) is 2.66. The first-order valence-corrected chi connectivity index (χ1v) is 6.59. The Kier molecular flexibility index (Phi) is 4.19. The maximum absolute atomic E-state index is 2.63. The molecule has 1 fully saturated rings. The van der Waals surface area contributed by atoms with E-state index >= 15 is 0 Å². The molecule has 1 aliphatic heterocycles. The standard InChI is InChI=1S/C15H24N2/c1-13-6-8-14(9-7-13)11-17-10-4-5-15(17)12-16(2)3/h6-9,15H,4-5,10-12H2,1-3H3/t15-/m0/s1. The lowest BCUT2D eigenvalue weighted by Gasteiger charge is -2.27. The summed E-state index contributed by atoms with van der Waals surface area (Å²) < 4.78 is 0. The Balaban J connectivity index is 1.95. The molecule has 2 heteroatoms. The molecule has 1 aromatic rings. The number of benzene rings is 1. The number of nitrogens with zero attached hydrogens (tertiary/aromatic N) is 2. The molecule has 1 aromatic carbocycles. The van der Waals surface area contributed by atoms with E-state index in [1.54, 1.807) is 0 Å². The quantitative estimate of drug-likeness (QED) is 0.787. The molecule has 0 N–H and O–H groups in total. The fourth-order valence-corrected chi connectivity index (χ4v) is 2.66. The summed E-state index contributed by atoms with van der Waals surface area (Å²) in [5.74, 6) is 0. The summed E-state index contributed by atoms with van der Waals surface area (Å²) in [7, 11) is 4.34. The smallest absolute Gasteiger partial charge is 0.0237 e. The second kappa shape index (κ2) is 5.65. The van der Waals surface area contributed by atoms with Gasteiger partial charge in [0.15, 0.2) is 0 Å². The van der Waals surface area contributed by atoms with Crippen LogP contribution in [0.4, 0.5) is 0 Å². The topological polar surface area (TPSA) is 6.48 Å². The van der Waals surface area contributed by atoms with Crippen molar-refractivity contribution >= 4 is 0 Å². The zero-order valence-corrected chi connectivity index (χ0v) is 11.3. The monoisotopic (exact) mass is 232 g/mol. The highest BCUT2D eigenvalue weighted by Gasteiger charge is 2.24. The second-order valence-corrected chi connectivity index (χ2v) is 5.51. The summed E-state index contributed by atoms with van der Waals surface area (Å²) in [5.41, 5.74) is 2.79. The predicted molar refractivity (Wildman–Crippen MR) is 73.2 cm³/mol. The lowest BCUT2D eigenvalue weighted by molar-refractivity contribution is 0.201. The molecule has 1 aliphatic rings. The Labute approximate surface area is 105 Å². The van der Waals surface area contributed by atoms with Gasteiger partial charge >= 0.3 is 0 Å². The molecule has 0 amide bonds. The van der Waals surface area contributed by atoms with E-state index in [1.807, 2.05) is 0 Å². The zero-order chi connectivity index (χ0) is 12.3. The average molecular weight is 232 g/mol. The molecule has 1 atom stereocenters. The van der Waals surface area contributed by atoms with Gasteiger partial charge in [-0.05, 0) is 46.0 Å². The maximum atomic E-state index is 2.63. The van der Waals surface area contributed by atoms with Gasteiger partial charge in [-0.15, -0.1) is 0 Å². The minimum atomic E-state index is 0.742. The van der Waals surface area contributed by atoms with Crippen molar-refractivity contribution < 1.29 is 0 Å².